The predicted molar refractivity (Wildman–Crippen MR) is 144 cm³/mol. The molecule has 2 aromatic carbocycles. The Morgan fingerprint density at radius 1 is 1.11 bits per heavy atom. The third kappa shape index (κ3) is 4.34. The number of benzene rings is 2. The number of amides is 2. The van der Waals surface area contributed by atoms with Crippen molar-refractivity contribution in [2.45, 2.75) is 63.1 Å². The summed E-state index contributed by atoms with van der Waals surface area (Å²) in [4.78, 5) is 45.8. The van der Waals surface area contributed by atoms with Gasteiger partial charge in [0.15, 0.2) is 5.78 Å². The summed E-state index contributed by atoms with van der Waals surface area (Å²) in [5, 5.41) is 7.36. The van der Waals surface area contributed by atoms with Crippen molar-refractivity contribution in [1.29, 1.82) is 0 Å². The number of ketones is 1. The Bertz CT molecular complexity index is 1350. The van der Waals surface area contributed by atoms with E-state index in [1.54, 1.807) is 18.7 Å². The van der Waals surface area contributed by atoms with Crippen LogP contribution >= 0.6 is 0 Å². The van der Waals surface area contributed by atoms with Gasteiger partial charge in [0.2, 0.25) is 11.8 Å². The van der Waals surface area contributed by atoms with Crippen LogP contribution in [0.5, 0.6) is 0 Å². The molecule has 2 amide bonds. The van der Waals surface area contributed by atoms with E-state index in [2.05, 4.69) is 15.6 Å². The molecule has 0 aliphatic carbocycles. The lowest BCUT2D eigenvalue weighted by Crippen LogP contribution is -2.62. The number of Topliss-reactive ketones (excluding diaryl/α,β-unsaturated/α-hetero) is 1. The number of aromatic amines is 1. The Hall–Kier alpha value is -3.49. The molecule has 194 valence electrons. The zero-order valence-electron chi connectivity index (χ0n) is 21.6. The van der Waals surface area contributed by atoms with E-state index in [9.17, 15) is 14.4 Å². The van der Waals surface area contributed by atoms with Gasteiger partial charge in [-0.3, -0.25) is 14.4 Å². The summed E-state index contributed by atoms with van der Waals surface area (Å²) in [7, 11) is 0. The monoisotopic (exact) mass is 501 g/mol. The molecule has 8 nitrogen and oxygen atoms in total. The lowest BCUT2D eigenvalue weighted by molar-refractivity contribution is -0.132. The van der Waals surface area contributed by atoms with Gasteiger partial charge >= 0.3 is 0 Å². The van der Waals surface area contributed by atoms with Crippen molar-refractivity contribution in [3.8, 4) is 0 Å². The highest BCUT2D eigenvalue weighted by molar-refractivity contribution is 6.07. The largest absolute Gasteiger partial charge is 0.361 e. The number of piperidine rings is 1. The molecule has 3 aromatic rings. The predicted octanol–water partition coefficient (Wildman–Crippen LogP) is 2.56. The van der Waals surface area contributed by atoms with Crippen LogP contribution in [0.4, 0.5) is 5.69 Å². The van der Waals surface area contributed by atoms with Gasteiger partial charge in [0.05, 0.1) is 11.6 Å². The molecule has 8 heteroatoms. The third-order valence-electron chi connectivity index (χ3n) is 7.92. The summed E-state index contributed by atoms with van der Waals surface area (Å²) in [6.07, 6.45) is 3.62. The van der Waals surface area contributed by atoms with Crippen LogP contribution in [0, 0.1) is 0 Å². The van der Waals surface area contributed by atoms with Crippen LogP contribution < -0.4 is 21.3 Å². The first-order valence-electron chi connectivity index (χ1n) is 12.9. The highest BCUT2D eigenvalue weighted by atomic mass is 16.2. The fraction of sp³-hybridized carbons (Fsp3) is 0.414. The van der Waals surface area contributed by atoms with Crippen LogP contribution in [-0.2, 0) is 26.2 Å². The molecule has 2 aliphatic rings. The summed E-state index contributed by atoms with van der Waals surface area (Å²) >= 11 is 0. The quantitative estimate of drug-likeness (QED) is 0.414. The summed E-state index contributed by atoms with van der Waals surface area (Å²) in [5.41, 5.74) is 8.14. The molecule has 0 saturated carbocycles. The summed E-state index contributed by atoms with van der Waals surface area (Å²) in [5.74, 6) is -0.761. The van der Waals surface area contributed by atoms with E-state index in [1.165, 1.54) is 6.92 Å². The van der Waals surface area contributed by atoms with E-state index in [0.29, 0.717) is 0 Å². The van der Waals surface area contributed by atoms with Gasteiger partial charge in [0.25, 0.3) is 0 Å². The maximum absolute atomic E-state index is 14.6. The van der Waals surface area contributed by atoms with E-state index < -0.39 is 28.9 Å². The second-order valence-corrected chi connectivity index (χ2v) is 10.9. The first kappa shape index (κ1) is 25.2. The molecule has 37 heavy (non-hydrogen) atoms. The fourth-order valence-electron chi connectivity index (χ4n) is 6.08. The lowest BCUT2D eigenvalue weighted by Gasteiger charge is -2.42. The Morgan fingerprint density at radius 3 is 2.49 bits per heavy atom. The normalized spacial score (nSPS) is 19.6. The first-order valence-corrected chi connectivity index (χ1v) is 12.9. The van der Waals surface area contributed by atoms with E-state index in [0.717, 1.165) is 53.6 Å². The Labute approximate surface area is 217 Å². The molecular formula is C29H35N5O3. The number of aromatic nitrogens is 1. The van der Waals surface area contributed by atoms with Crippen molar-refractivity contribution in [3.05, 3.63) is 65.9 Å². The zero-order chi connectivity index (χ0) is 26.4. The van der Waals surface area contributed by atoms with E-state index in [4.69, 9.17) is 5.73 Å². The number of nitrogens with zero attached hydrogens (tertiary/aromatic N) is 1. The van der Waals surface area contributed by atoms with Crippen LogP contribution in [0.2, 0.25) is 0 Å². The number of rotatable bonds is 6. The van der Waals surface area contributed by atoms with E-state index in [1.807, 2.05) is 54.7 Å². The minimum Gasteiger partial charge on any atom is -0.361 e. The van der Waals surface area contributed by atoms with Crippen molar-refractivity contribution in [2.75, 3.05) is 18.0 Å². The van der Waals surface area contributed by atoms with Gasteiger partial charge in [0, 0.05) is 41.5 Å². The third-order valence-corrected chi connectivity index (χ3v) is 7.92. The van der Waals surface area contributed by atoms with Gasteiger partial charge in [0.1, 0.15) is 6.04 Å². The van der Waals surface area contributed by atoms with Crippen LogP contribution in [0.25, 0.3) is 10.9 Å². The number of para-hydroxylation sites is 2. The highest BCUT2D eigenvalue weighted by Crippen LogP contribution is 2.51. The van der Waals surface area contributed by atoms with Crippen LogP contribution in [0.15, 0.2) is 54.7 Å². The molecular weight excluding hydrogens is 466 g/mol. The van der Waals surface area contributed by atoms with Gasteiger partial charge < -0.3 is 26.3 Å². The molecule has 1 fully saturated rings. The second kappa shape index (κ2) is 9.43. The number of nitrogens with one attached hydrogen (secondary N) is 3. The number of H-pyrrole nitrogens is 1. The van der Waals surface area contributed by atoms with Crippen LogP contribution in [0.1, 0.15) is 44.7 Å². The number of nitrogens with two attached hydrogens (primary N) is 1. The minimum atomic E-state index is -1.16. The minimum absolute atomic E-state index is 0.170. The van der Waals surface area contributed by atoms with Gasteiger partial charge in [-0.15, -0.1) is 0 Å². The molecule has 5 rings (SSSR count). The first-order chi connectivity index (χ1) is 17.6. The van der Waals surface area contributed by atoms with Crippen molar-refractivity contribution in [3.63, 3.8) is 0 Å². The van der Waals surface area contributed by atoms with Gasteiger partial charge in [-0.25, -0.2) is 0 Å². The Balaban J connectivity index is 1.60. The molecule has 0 radical (unpaired) electrons. The Morgan fingerprint density at radius 2 is 1.78 bits per heavy atom. The number of hydrogen-bond donors (Lipinski definition) is 4. The molecule has 2 atom stereocenters. The summed E-state index contributed by atoms with van der Waals surface area (Å²) < 4.78 is 0. The summed E-state index contributed by atoms with van der Waals surface area (Å²) in [6.45, 7) is 6.25. The number of anilines is 1. The van der Waals surface area contributed by atoms with E-state index in [-0.39, 0.29) is 18.1 Å². The smallest absolute Gasteiger partial charge is 0.240 e. The molecule has 1 unspecified atom stereocenters. The standard InChI is InChI=1S/C29H35N5O3/c1-18(35)34-24-11-7-5-9-21(24)29(12-14-31-15-13-29)26(34)25(36)23(33-27(37)28(2,3)30)16-19-17-32-22-10-6-4-8-20(19)22/h4-11,17,23,26,31-32H,12-16,30H2,1-3H3,(H,33,37)/t23-,26?/m1/s1. The van der Waals surface area contributed by atoms with Crippen LogP contribution in [-0.4, -0.2) is 53.3 Å². The topological polar surface area (TPSA) is 120 Å². The number of carbonyl (C=O) groups excluding carboxylic acids is 3. The van der Waals surface area contributed by atoms with Crippen molar-refractivity contribution < 1.29 is 14.4 Å². The van der Waals surface area contributed by atoms with Crippen LogP contribution in [0.3, 0.4) is 0 Å². The van der Waals surface area contributed by atoms with Gasteiger partial charge in [-0.1, -0.05) is 36.4 Å². The second-order valence-electron chi connectivity index (χ2n) is 10.9. The van der Waals surface area contributed by atoms with Gasteiger partial charge in [-0.05, 0) is 63.0 Å². The van der Waals surface area contributed by atoms with Crippen molar-refractivity contribution in [2.24, 2.45) is 5.73 Å². The van der Waals surface area contributed by atoms with E-state index >= 15 is 0 Å². The molecule has 1 aromatic heterocycles. The SMILES string of the molecule is CC(=O)N1c2ccccc2C2(CCNCC2)C1C(=O)[C@@H](Cc1c[nH]c2ccccc12)NC(=O)C(C)(C)N. The molecule has 1 saturated heterocycles. The molecule has 5 N–H and O–H groups in total. The zero-order valence-corrected chi connectivity index (χ0v) is 21.6. The molecule has 2 aliphatic heterocycles. The van der Waals surface area contributed by atoms with Crippen molar-refractivity contribution >= 4 is 34.2 Å². The maximum atomic E-state index is 14.6. The summed E-state index contributed by atoms with van der Waals surface area (Å²) in [6, 6.07) is 14.1. The molecule has 1 spiro atoms. The highest BCUT2D eigenvalue weighted by Gasteiger charge is 2.56. The molecule has 0 bridgehead atoms. The number of hydrogen-bond acceptors (Lipinski definition) is 5. The fourth-order valence-corrected chi connectivity index (χ4v) is 6.08. The number of carbonyl (C=O) groups is 3. The Kier molecular flexibility index (Phi) is 6.41. The average Bonchev–Trinajstić information content (AvgIpc) is 3.40. The average molecular weight is 502 g/mol. The maximum Gasteiger partial charge on any atom is 0.240 e. The van der Waals surface area contributed by atoms with Crippen molar-refractivity contribution in [1.82, 2.24) is 15.6 Å². The molecule has 3 heterocycles. The lowest BCUT2D eigenvalue weighted by atomic mass is 9.67. The van der Waals surface area contributed by atoms with Gasteiger partial charge in [-0.2, -0.15) is 0 Å². The number of fused-ring (bicyclic) bond motifs is 3.